The topological polar surface area (TPSA) is 66.5 Å². The lowest BCUT2D eigenvalue weighted by Crippen LogP contribution is -2.37. The third-order valence-corrected chi connectivity index (χ3v) is 6.13. The molecule has 27 heavy (non-hydrogen) atoms. The fourth-order valence-electron chi connectivity index (χ4n) is 3.28. The van der Waals surface area contributed by atoms with Gasteiger partial charge in [-0.15, -0.1) is 0 Å². The largest absolute Gasteiger partial charge is 0.311 e. The van der Waals surface area contributed by atoms with Gasteiger partial charge in [0.05, 0.1) is 4.90 Å². The van der Waals surface area contributed by atoms with Gasteiger partial charge in [-0.1, -0.05) is 30.3 Å². The zero-order chi connectivity index (χ0) is 19.0. The van der Waals surface area contributed by atoms with E-state index in [9.17, 15) is 17.6 Å². The predicted octanol–water partition coefficient (Wildman–Crippen LogP) is 3.06. The van der Waals surface area contributed by atoms with Gasteiger partial charge in [-0.05, 0) is 47.2 Å². The average Bonchev–Trinajstić information content (AvgIpc) is 3.01. The molecular formula is C20H17FN2O3S. The Bertz CT molecular complexity index is 1110. The summed E-state index contributed by atoms with van der Waals surface area (Å²) in [5.41, 5.74) is 0.550. The van der Waals surface area contributed by atoms with Crippen LogP contribution in [-0.4, -0.2) is 26.9 Å². The number of rotatable bonds is 4. The van der Waals surface area contributed by atoms with Crippen LogP contribution in [0.3, 0.4) is 0 Å². The van der Waals surface area contributed by atoms with Crippen molar-refractivity contribution in [1.82, 2.24) is 4.72 Å². The summed E-state index contributed by atoms with van der Waals surface area (Å²) < 4.78 is 41.2. The van der Waals surface area contributed by atoms with Crippen molar-refractivity contribution in [3.8, 4) is 0 Å². The minimum atomic E-state index is -3.76. The van der Waals surface area contributed by atoms with E-state index >= 15 is 0 Å². The fraction of sp³-hybridized carbons (Fsp3) is 0.150. The Morgan fingerprint density at radius 3 is 2.41 bits per heavy atom. The number of nitrogens with zero attached hydrogens (tertiary/aromatic N) is 1. The number of hydrogen-bond acceptors (Lipinski definition) is 3. The zero-order valence-electron chi connectivity index (χ0n) is 14.3. The number of sulfonamides is 1. The number of anilines is 1. The summed E-state index contributed by atoms with van der Waals surface area (Å²) in [6, 6.07) is 17.5. The Kier molecular flexibility index (Phi) is 4.41. The van der Waals surface area contributed by atoms with Crippen molar-refractivity contribution in [3.05, 3.63) is 72.5 Å². The molecule has 1 amide bonds. The second kappa shape index (κ2) is 6.75. The van der Waals surface area contributed by atoms with Gasteiger partial charge < -0.3 is 4.90 Å². The molecule has 0 spiro atoms. The monoisotopic (exact) mass is 384 g/mol. The summed E-state index contributed by atoms with van der Waals surface area (Å²) in [5.74, 6) is -0.591. The van der Waals surface area contributed by atoms with Gasteiger partial charge in [0.15, 0.2) is 0 Å². The molecule has 0 bridgehead atoms. The average molecular weight is 384 g/mol. The molecule has 3 aromatic rings. The number of fused-ring (bicyclic) bond motifs is 1. The highest BCUT2D eigenvalue weighted by Crippen LogP contribution is 2.24. The van der Waals surface area contributed by atoms with E-state index in [2.05, 4.69) is 4.72 Å². The zero-order valence-corrected chi connectivity index (χ0v) is 15.1. The maximum absolute atomic E-state index is 13.1. The van der Waals surface area contributed by atoms with E-state index in [0.717, 1.165) is 10.8 Å². The molecule has 1 N–H and O–H groups in total. The first-order chi connectivity index (χ1) is 12.9. The smallest absolute Gasteiger partial charge is 0.240 e. The van der Waals surface area contributed by atoms with Crippen molar-refractivity contribution >= 4 is 32.4 Å². The van der Waals surface area contributed by atoms with E-state index in [1.54, 1.807) is 18.2 Å². The number of halogens is 1. The molecule has 1 aliphatic heterocycles. The second-order valence-electron chi connectivity index (χ2n) is 6.51. The van der Waals surface area contributed by atoms with Crippen molar-refractivity contribution in [3.63, 3.8) is 0 Å². The second-order valence-corrected chi connectivity index (χ2v) is 8.23. The third-order valence-electron chi connectivity index (χ3n) is 4.62. The molecular weight excluding hydrogens is 367 g/mol. The van der Waals surface area contributed by atoms with Crippen LogP contribution in [0.1, 0.15) is 6.42 Å². The van der Waals surface area contributed by atoms with E-state index in [0.29, 0.717) is 5.69 Å². The third kappa shape index (κ3) is 3.56. The van der Waals surface area contributed by atoms with E-state index in [1.807, 2.05) is 24.3 Å². The molecule has 3 aromatic carbocycles. The Hall–Kier alpha value is -2.77. The molecule has 138 valence electrons. The van der Waals surface area contributed by atoms with E-state index < -0.39 is 16.1 Å². The standard InChI is InChI=1S/C20H17FN2O3S/c21-16-6-8-18(9-7-16)23-13-17(12-20(23)24)22-27(25,26)19-10-5-14-3-1-2-4-15(14)11-19/h1-11,17,22H,12-13H2/t17-/m1/s1. The summed E-state index contributed by atoms with van der Waals surface area (Å²) in [4.78, 5) is 13.9. The Morgan fingerprint density at radius 1 is 0.963 bits per heavy atom. The fourth-order valence-corrected chi connectivity index (χ4v) is 4.54. The molecule has 7 heteroatoms. The van der Waals surface area contributed by atoms with Crippen molar-refractivity contribution in [1.29, 1.82) is 0 Å². The van der Waals surface area contributed by atoms with Crippen LogP contribution in [0, 0.1) is 5.82 Å². The van der Waals surface area contributed by atoms with Crippen molar-refractivity contribution in [2.75, 3.05) is 11.4 Å². The first kappa shape index (κ1) is 17.6. The Morgan fingerprint density at radius 2 is 1.67 bits per heavy atom. The number of nitrogens with one attached hydrogen (secondary N) is 1. The normalized spacial score (nSPS) is 17.6. The van der Waals surface area contributed by atoms with Crippen molar-refractivity contribution in [2.45, 2.75) is 17.4 Å². The van der Waals surface area contributed by atoms with Crippen LogP contribution in [0.2, 0.25) is 0 Å². The molecule has 0 aromatic heterocycles. The SMILES string of the molecule is O=C1C[C@@H](NS(=O)(=O)c2ccc3ccccc3c2)CN1c1ccc(F)cc1. The van der Waals surface area contributed by atoms with Gasteiger partial charge in [0, 0.05) is 24.7 Å². The van der Waals surface area contributed by atoms with E-state index in [-0.39, 0.29) is 29.6 Å². The summed E-state index contributed by atoms with van der Waals surface area (Å²) in [5, 5.41) is 1.78. The van der Waals surface area contributed by atoms with Crippen LogP contribution >= 0.6 is 0 Å². The molecule has 0 radical (unpaired) electrons. The molecule has 1 aliphatic rings. The number of hydrogen-bond donors (Lipinski definition) is 1. The predicted molar refractivity (Wildman–Crippen MR) is 101 cm³/mol. The minimum Gasteiger partial charge on any atom is -0.311 e. The molecule has 1 fully saturated rings. The maximum atomic E-state index is 13.1. The summed E-state index contributed by atoms with van der Waals surface area (Å²) in [6.07, 6.45) is 0.0597. The van der Waals surface area contributed by atoms with Crippen LogP contribution in [0.5, 0.6) is 0 Å². The van der Waals surface area contributed by atoms with Crippen molar-refractivity contribution in [2.24, 2.45) is 0 Å². The number of carbonyl (C=O) groups excluding carboxylic acids is 1. The lowest BCUT2D eigenvalue weighted by molar-refractivity contribution is -0.117. The quantitative estimate of drug-likeness (QED) is 0.752. The van der Waals surface area contributed by atoms with Gasteiger partial charge in [-0.3, -0.25) is 4.79 Å². The maximum Gasteiger partial charge on any atom is 0.240 e. The van der Waals surface area contributed by atoms with Gasteiger partial charge >= 0.3 is 0 Å². The van der Waals surface area contributed by atoms with Gasteiger partial charge in [-0.2, -0.15) is 0 Å². The van der Waals surface area contributed by atoms with Crippen LogP contribution in [0.25, 0.3) is 10.8 Å². The number of amides is 1. The highest BCUT2D eigenvalue weighted by atomic mass is 32.2. The minimum absolute atomic E-state index is 0.0597. The molecule has 0 aliphatic carbocycles. The van der Waals surface area contributed by atoms with Gasteiger partial charge in [0.2, 0.25) is 15.9 Å². The Labute approximate surface area is 156 Å². The van der Waals surface area contributed by atoms with Crippen LogP contribution in [0.15, 0.2) is 71.6 Å². The summed E-state index contributed by atoms with van der Waals surface area (Å²) >= 11 is 0. The van der Waals surface area contributed by atoms with E-state index in [4.69, 9.17) is 0 Å². The molecule has 0 saturated carbocycles. The first-order valence-electron chi connectivity index (χ1n) is 8.49. The molecule has 1 heterocycles. The molecule has 0 unspecified atom stereocenters. The van der Waals surface area contributed by atoms with Gasteiger partial charge in [0.1, 0.15) is 5.82 Å². The summed E-state index contributed by atoms with van der Waals surface area (Å²) in [7, 11) is -3.76. The Balaban J connectivity index is 1.54. The summed E-state index contributed by atoms with van der Waals surface area (Å²) in [6.45, 7) is 0.206. The van der Waals surface area contributed by atoms with Crippen LogP contribution in [-0.2, 0) is 14.8 Å². The molecule has 4 rings (SSSR count). The molecule has 1 atom stereocenters. The number of benzene rings is 3. The highest BCUT2D eigenvalue weighted by molar-refractivity contribution is 7.89. The number of carbonyl (C=O) groups is 1. The van der Waals surface area contributed by atoms with E-state index in [1.165, 1.54) is 29.2 Å². The lowest BCUT2D eigenvalue weighted by Gasteiger charge is -2.17. The first-order valence-corrected chi connectivity index (χ1v) is 9.98. The van der Waals surface area contributed by atoms with Gasteiger partial charge in [-0.25, -0.2) is 17.5 Å². The molecule has 1 saturated heterocycles. The van der Waals surface area contributed by atoms with Crippen LogP contribution < -0.4 is 9.62 Å². The van der Waals surface area contributed by atoms with Crippen molar-refractivity contribution < 1.29 is 17.6 Å². The highest BCUT2D eigenvalue weighted by Gasteiger charge is 2.33. The lowest BCUT2D eigenvalue weighted by atomic mass is 10.1. The van der Waals surface area contributed by atoms with Gasteiger partial charge in [0.25, 0.3) is 0 Å². The molecule has 5 nitrogen and oxygen atoms in total. The van der Waals surface area contributed by atoms with Crippen LogP contribution in [0.4, 0.5) is 10.1 Å².